The number of carbonyl (C=O) groups is 1. The number of benzene rings is 2. The number of hydrogen-bond donors (Lipinski definition) is 2. The van der Waals surface area contributed by atoms with Crippen molar-refractivity contribution in [1.82, 2.24) is 10.0 Å². The van der Waals surface area contributed by atoms with E-state index in [1.165, 1.54) is 24.3 Å². The molecule has 0 saturated heterocycles. The maximum Gasteiger partial charge on any atom is 0.240 e. The van der Waals surface area contributed by atoms with Crippen molar-refractivity contribution < 1.29 is 22.7 Å². The molecular weight excluding hydrogens is 404 g/mol. The third-order valence-corrected chi connectivity index (χ3v) is 5.68. The Bertz CT molecular complexity index is 901. The van der Waals surface area contributed by atoms with E-state index in [0.717, 1.165) is 5.56 Å². The highest BCUT2D eigenvalue weighted by molar-refractivity contribution is 7.89. The van der Waals surface area contributed by atoms with Crippen LogP contribution in [0.5, 0.6) is 11.5 Å². The first-order chi connectivity index (χ1) is 13.4. The maximum absolute atomic E-state index is 12.1. The maximum atomic E-state index is 12.1. The van der Waals surface area contributed by atoms with E-state index in [0.29, 0.717) is 22.9 Å². The summed E-state index contributed by atoms with van der Waals surface area (Å²) in [6, 6.07) is 11.3. The number of carbonyl (C=O) groups excluding carboxylic acids is 1. The lowest BCUT2D eigenvalue weighted by Gasteiger charge is -2.10. The van der Waals surface area contributed by atoms with Crippen LogP contribution in [0, 0.1) is 0 Å². The van der Waals surface area contributed by atoms with E-state index in [-0.39, 0.29) is 30.3 Å². The van der Waals surface area contributed by atoms with Crippen LogP contribution in [-0.4, -0.2) is 41.6 Å². The summed E-state index contributed by atoms with van der Waals surface area (Å²) in [6.45, 7) is 0.282. The molecule has 152 valence electrons. The first kappa shape index (κ1) is 22.0. The summed E-state index contributed by atoms with van der Waals surface area (Å²) in [5, 5.41) is 3.15. The van der Waals surface area contributed by atoms with E-state index in [1.807, 2.05) is 12.1 Å². The largest absolute Gasteiger partial charge is 0.493 e. The summed E-state index contributed by atoms with van der Waals surface area (Å²) in [5.41, 5.74) is 0.941. The van der Waals surface area contributed by atoms with Crippen molar-refractivity contribution in [2.24, 2.45) is 0 Å². The molecule has 0 aromatic heterocycles. The van der Waals surface area contributed by atoms with Crippen molar-refractivity contribution in [3.63, 3.8) is 0 Å². The SMILES string of the molecule is COc1ccc(CCC(=O)NCCNS(=O)(=O)c2ccc(Cl)cc2)cc1OC. The minimum Gasteiger partial charge on any atom is -0.493 e. The molecule has 0 heterocycles. The van der Waals surface area contributed by atoms with Gasteiger partial charge in [0.15, 0.2) is 11.5 Å². The van der Waals surface area contributed by atoms with Gasteiger partial charge in [0.25, 0.3) is 0 Å². The van der Waals surface area contributed by atoms with Crippen LogP contribution in [0.4, 0.5) is 0 Å². The molecule has 2 aromatic carbocycles. The van der Waals surface area contributed by atoms with Crippen LogP contribution in [0.15, 0.2) is 47.4 Å². The van der Waals surface area contributed by atoms with Crippen molar-refractivity contribution in [3.8, 4) is 11.5 Å². The Morgan fingerprint density at radius 1 is 1.00 bits per heavy atom. The number of methoxy groups -OCH3 is 2. The van der Waals surface area contributed by atoms with E-state index >= 15 is 0 Å². The molecule has 1 amide bonds. The number of ether oxygens (including phenoxy) is 2. The zero-order chi connectivity index (χ0) is 20.6. The molecule has 2 aromatic rings. The lowest BCUT2D eigenvalue weighted by atomic mass is 10.1. The standard InChI is InChI=1S/C19H23ClN2O5S/c1-26-17-9-3-14(13-18(17)27-2)4-10-19(23)21-11-12-22-28(24,25)16-7-5-15(20)6-8-16/h3,5-9,13,22H,4,10-12H2,1-2H3,(H,21,23). The van der Waals surface area contributed by atoms with E-state index < -0.39 is 10.0 Å². The Hall–Kier alpha value is -2.29. The third-order valence-electron chi connectivity index (χ3n) is 3.95. The van der Waals surface area contributed by atoms with Gasteiger partial charge in [-0.25, -0.2) is 13.1 Å². The molecule has 0 unspecified atom stereocenters. The molecule has 0 aliphatic rings. The van der Waals surface area contributed by atoms with Crippen molar-refractivity contribution in [2.45, 2.75) is 17.7 Å². The predicted molar refractivity (Wildman–Crippen MR) is 108 cm³/mol. The molecular formula is C19H23ClN2O5S. The van der Waals surface area contributed by atoms with Crippen molar-refractivity contribution in [2.75, 3.05) is 27.3 Å². The van der Waals surface area contributed by atoms with Gasteiger partial charge >= 0.3 is 0 Å². The normalized spacial score (nSPS) is 11.1. The van der Waals surface area contributed by atoms with Gasteiger partial charge in [-0.3, -0.25) is 4.79 Å². The fourth-order valence-electron chi connectivity index (χ4n) is 2.47. The number of halogens is 1. The number of amides is 1. The van der Waals surface area contributed by atoms with Crippen LogP contribution in [0.3, 0.4) is 0 Å². The van der Waals surface area contributed by atoms with Gasteiger partial charge in [-0.1, -0.05) is 17.7 Å². The van der Waals surface area contributed by atoms with Gasteiger partial charge in [0.2, 0.25) is 15.9 Å². The fourth-order valence-corrected chi connectivity index (χ4v) is 3.62. The quantitative estimate of drug-likeness (QED) is 0.569. The minimum atomic E-state index is -3.63. The van der Waals surface area contributed by atoms with Crippen LogP contribution < -0.4 is 19.5 Å². The number of rotatable bonds is 10. The van der Waals surface area contributed by atoms with Crippen molar-refractivity contribution in [3.05, 3.63) is 53.1 Å². The highest BCUT2D eigenvalue weighted by Gasteiger charge is 2.13. The molecule has 0 bridgehead atoms. The predicted octanol–water partition coefficient (Wildman–Crippen LogP) is 2.38. The number of aryl methyl sites for hydroxylation is 1. The van der Waals surface area contributed by atoms with Gasteiger partial charge in [-0.05, 0) is 48.4 Å². The summed E-state index contributed by atoms with van der Waals surface area (Å²) in [6.07, 6.45) is 0.808. The van der Waals surface area contributed by atoms with Crippen LogP contribution in [-0.2, 0) is 21.2 Å². The Kier molecular flexibility index (Phi) is 8.10. The number of sulfonamides is 1. The number of hydrogen-bond acceptors (Lipinski definition) is 5. The van der Waals surface area contributed by atoms with E-state index in [4.69, 9.17) is 21.1 Å². The highest BCUT2D eigenvalue weighted by atomic mass is 35.5. The summed E-state index contributed by atoms with van der Waals surface area (Å²) in [7, 11) is -0.514. The van der Waals surface area contributed by atoms with Gasteiger partial charge in [0.1, 0.15) is 0 Å². The average molecular weight is 427 g/mol. The Morgan fingerprint density at radius 2 is 1.68 bits per heavy atom. The molecule has 0 atom stereocenters. The smallest absolute Gasteiger partial charge is 0.240 e. The first-order valence-electron chi connectivity index (χ1n) is 8.58. The second kappa shape index (κ2) is 10.3. The minimum absolute atomic E-state index is 0.0903. The summed E-state index contributed by atoms with van der Waals surface area (Å²) >= 11 is 5.75. The molecule has 0 aliphatic heterocycles. The first-order valence-corrected chi connectivity index (χ1v) is 10.4. The molecule has 28 heavy (non-hydrogen) atoms. The van der Waals surface area contributed by atoms with Gasteiger partial charge < -0.3 is 14.8 Å². The van der Waals surface area contributed by atoms with Gasteiger partial charge in [0.05, 0.1) is 19.1 Å². The van der Waals surface area contributed by atoms with Crippen LogP contribution in [0.2, 0.25) is 5.02 Å². The highest BCUT2D eigenvalue weighted by Crippen LogP contribution is 2.27. The molecule has 9 heteroatoms. The Morgan fingerprint density at radius 3 is 2.32 bits per heavy atom. The second-order valence-electron chi connectivity index (χ2n) is 5.89. The molecule has 7 nitrogen and oxygen atoms in total. The van der Waals surface area contributed by atoms with E-state index in [2.05, 4.69) is 10.0 Å². The summed E-state index contributed by atoms with van der Waals surface area (Å²) in [4.78, 5) is 12.1. The average Bonchev–Trinajstić information content (AvgIpc) is 2.69. The van der Waals surface area contributed by atoms with Gasteiger partial charge in [0, 0.05) is 24.5 Å². The lowest BCUT2D eigenvalue weighted by Crippen LogP contribution is -2.34. The van der Waals surface area contributed by atoms with Crippen molar-refractivity contribution in [1.29, 1.82) is 0 Å². The van der Waals surface area contributed by atoms with Gasteiger partial charge in [-0.15, -0.1) is 0 Å². The Balaban J connectivity index is 1.75. The lowest BCUT2D eigenvalue weighted by molar-refractivity contribution is -0.121. The molecule has 0 aliphatic carbocycles. The van der Waals surface area contributed by atoms with E-state index in [9.17, 15) is 13.2 Å². The molecule has 0 fully saturated rings. The topological polar surface area (TPSA) is 93.7 Å². The van der Waals surface area contributed by atoms with Crippen LogP contribution in [0.25, 0.3) is 0 Å². The molecule has 0 spiro atoms. The fraction of sp³-hybridized carbons (Fsp3) is 0.316. The molecule has 0 radical (unpaired) electrons. The van der Waals surface area contributed by atoms with Crippen molar-refractivity contribution >= 4 is 27.5 Å². The zero-order valence-electron chi connectivity index (χ0n) is 15.7. The zero-order valence-corrected chi connectivity index (χ0v) is 17.3. The summed E-state index contributed by atoms with van der Waals surface area (Å²) in [5.74, 6) is 1.07. The Labute approximate surface area is 170 Å². The third kappa shape index (κ3) is 6.40. The summed E-state index contributed by atoms with van der Waals surface area (Å²) < 4.78 is 37.1. The number of nitrogens with one attached hydrogen (secondary N) is 2. The monoisotopic (exact) mass is 426 g/mol. The molecule has 2 N–H and O–H groups in total. The molecule has 0 saturated carbocycles. The van der Waals surface area contributed by atoms with Gasteiger partial charge in [-0.2, -0.15) is 0 Å². The second-order valence-corrected chi connectivity index (χ2v) is 8.09. The van der Waals surface area contributed by atoms with Crippen LogP contribution >= 0.6 is 11.6 Å². The van der Waals surface area contributed by atoms with Crippen LogP contribution in [0.1, 0.15) is 12.0 Å². The molecule has 2 rings (SSSR count). The van der Waals surface area contributed by atoms with E-state index in [1.54, 1.807) is 20.3 Å².